The molecule has 2 aromatic rings. The van der Waals surface area contributed by atoms with Crippen molar-refractivity contribution in [2.24, 2.45) is 0 Å². The Hall–Kier alpha value is -0.827. The van der Waals surface area contributed by atoms with Gasteiger partial charge in [-0.2, -0.15) is 0 Å². The van der Waals surface area contributed by atoms with Gasteiger partial charge < -0.3 is 0 Å². The van der Waals surface area contributed by atoms with Gasteiger partial charge in [-0.05, 0) is 0 Å². The zero-order chi connectivity index (χ0) is 10.2. The summed E-state index contributed by atoms with van der Waals surface area (Å²) in [4.78, 5) is 4.39. The Morgan fingerprint density at radius 1 is 1.00 bits per heavy atom. The van der Waals surface area contributed by atoms with E-state index in [2.05, 4.69) is 46.5 Å². The van der Waals surface area contributed by atoms with Crippen LogP contribution in [0, 0.1) is 0 Å². The Morgan fingerprint density at radius 3 is 2.50 bits per heavy atom. The van der Waals surface area contributed by atoms with Gasteiger partial charge in [-0.25, -0.2) is 0 Å². The van der Waals surface area contributed by atoms with Crippen LogP contribution in [0.5, 0.6) is 0 Å². The number of hydrogen-bond acceptors (Lipinski definition) is 1. The molecule has 1 aromatic carbocycles. The van der Waals surface area contributed by atoms with Crippen LogP contribution in [0.25, 0.3) is 10.9 Å². The molecule has 72 valence electrons. The first-order chi connectivity index (χ1) is 6.59. The van der Waals surface area contributed by atoms with Crippen molar-refractivity contribution in [3.8, 4) is 0 Å². The molecule has 0 spiro atoms. The van der Waals surface area contributed by atoms with Crippen molar-refractivity contribution < 1.29 is 0 Å². The molecule has 0 aliphatic carbocycles. The molecule has 1 nitrogen and oxygen atoms in total. The van der Waals surface area contributed by atoms with E-state index >= 15 is 0 Å². The van der Waals surface area contributed by atoms with E-state index in [1.54, 1.807) is 4.40 Å². The summed E-state index contributed by atoms with van der Waals surface area (Å²) < 4.78 is 1.55. The third kappa shape index (κ3) is 1.69. The van der Waals surface area contributed by atoms with Crippen LogP contribution in [0.15, 0.2) is 36.5 Å². The third-order valence-corrected chi connectivity index (χ3v) is 6.76. The van der Waals surface area contributed by atoms with Crippen LogP contribution in [0.2, 0.25) is 17.3 Å². The minimum atomic E-state index is -1.74. The average Bonchev–Trinajstić information content (AvgIpc) is 2.15. The van der Waals surface area contributed by atoms with Gasteiger partial charge in [0.2, 0.25) is 0 Å². The first kappa shape index (κ1) is 9.72. The van der Waals surface area contributed by atoms with Gasteiger partial charge in [0.15, 0.2) is 0 Å². The van der Waals surface area contributed by atoms with Crippen molar-refractivity contribution in [3.63, 3.8) is 0 Å². The van der Waals surface area contributed by atoms with E-state index in [-0.39, 0.29) is 0 Å². The van der Waals surface area contributed by atoms with Crippen LogP contribution in [-0.4, -0.2) is 18.3 Å². The van der Waals surface area contributed by atoms with E-state index < -0.39 is 13.3 Å². The summed E-state index contributed by atoms with van der Waals surface area (Å²) >= 11 is -1.74. The Bertz CT molecular complexity index is 452. The van der Waals surface area contributed by atoms with E-state index in [9.17, 15) is 0 Å². The van der Waals surface area contributed by atoms with Gasteiger partial charge in [-0.15, -0.1) is 0 Å². The molecule has 0 saturated heterocycles. The van der Waals surface area contributed by atoms with Crippen molar-refractivity contribution >= 4 is 28.6 Å². The van der Waals surface area contributed by atoms with Gasteiger partial charge in [-0.3, -0.25) is 0 Å². The number of rotatable bonds is 1. The van der Waals surface area contributed by atoms with E-state index in [0.29, 0.717) is 0 Å². The SMILES string of the molecule is [CH3][Ge]([CH3])([CH3])[c]1cccc2ncccc12. The molecule has 0 N–H and O–H groups in total. The van der Waals surface area contributed by atoms with Crippen LogP contribution in [0.3, 0.4) is 0 Å². The van der Waals surface area contributed by atoms with Gasteiger partial charge in [0.05, 0.1) is 0 Å². The molecule has 0 radical (unpaired) electrons. The average molecular weight is 246 g/mol. The molecular weight excluding hydrogens is 231 g/mol. The second kappa shape index (κ2) is 3.39. The summed E-state index contributed by atoms with van der Waals surface area (Å²) in [7, 11) is 0. The molecule has 14 heavy (non-hydrogen) atoms. The maximum atomic E-state index is 4.39. The predicted molar refractivity (Wildman–Crippen MR) is 64.7 cm³/mol. The second-order valence-electron chi connectivity index (χ2n) is 4.63. The van der Waals surface area contributed by atoms with Crippen molar-refractivity contribution in [2.75, 3.05) is 0 Å². The molecule has 1 heterocycles. The van der Waals surface area contributed by atoms with Crippen molar-refractivity contribution in [3.05, 3.63) is 36.5 Å². The van der Waals surface area contributed by atoms with Crippen LogP contribution in [-0.2, 0) is 0 Å². The Kier molecular flexibility index (Phi) is 2.35. The molecule has 0 saturated carbocycles. The molecule has 1 aromatic heterocycles. The summed E-state index contributed by atoms with van der Waals surface area (Å²) in [5.41, 5.74) is 1.13. The number of benzene rings is 1. The Balaban J connectivity index is 2.78. The minimum absolute atomic E-state index is 1.13. The number of aromatic nitrogens is 1. The molecule has 0 aliphatic rings. The van der Waals surface area contributed by atoms with E-state index in [1.165, 1.54) is 5.39 Å². The second-order valence-corrected chi connectivity index (χ2v) is 15.2. The Labute approximate surface area is 87.5 Å². The predicted octanol–water partition coefficient (Wildman–Crippen LogP) is 2.78. The fourth-order valence-corrected chi connectivity index (χ4v) is 5.15. The zero-order valence-electron chi connectivity index (χ0n) is 8.91. The van der Waals surface area contributed by atoms with Gasteiger partial charge in [0, 0.05) is 0 Å². The molecule has 0 atom stereocenters. The number of hydrogen-bond donors (Lipinski definition) is 0. The summed E-state index contributed by atoms with van der Waals surface area (Å²) in [6, 6.07) is 10.7. The van der Waals surface area contributed by atoms with Gasteiger partial charge in [0.1, 0.15) is 0 Å². The normalized spacial score (nSPS) is 11.9. The van der Waals surface area contributed by atoms with Crippen molar-refractivity contribution in [1.29, 1.82) is 0 Å². The molecule has 2 rings (SSSR count). The molecule has 0 bridgehead atoms. The molecule has 0 unspecified atom stereocenters. The van der Waals surface area contributed by atoms with Crippen molar-refractivity contribution in [1.82, 2.24) is 4.98 Å². The molecular formula is C12H15GeN. The van der Waals surface area contributed by atoms with Crippen LogP contribution in [0.4, 0.5) is 0 Å². The first-order valence-electron chi connectivity index (χ1n) is 4.93. The summed E-state index contributed by atoms with van der Waals surface area (Å²) in [6.07, 6.45) is 1.86. The Morgan fingerprint density at radius 2 is 1.79 bits per heavy atom. The molecule has 0 aliphatic heterocycles. The van der Waals surface area contributed by atoms with E-state index in [1.807, 2.05) is 12.3 Å². The van der Waals surface area contributed by atoms with Crippen LogP contribution >= 0.6 is 0 Å². The maximum absolute atomic E-state index is 4.39. The topological polar surface area (TPSA) is 12.9 Å². The number of pyridine rings is 1. The van der Waals surface area contributed by atoms with Gasteiger partial charge in [0.25, 0.3) is 0 Å². The summed E-state index contributed by atoms with van der Waals surface area (Å²) in [6.45, 7) is 0. The monoisotopic (exact) mass is 247 g/mol. The quantitative estimate of drug-likeness (QED) is 0.705. The third-order valence-electron chi connectivity index (χ3n) is 2.45. The van der Waals surface area contributed by atoms with Crippen LogP contribution < -0.4 is 4.40 Å². The van der Waals surface area contributed by atoms with E-state index in [0.717, 1.165) is 5.52 Å². The standard InChI is InChI=1S/C12H15GeN/c1-13(2,3)11-7-4-8-12-10(11)6-5-9-14-12/h4-9H,1-3H3. The molecule has 0 fully saturated rings. The summed E-state index contributed by atoms with van der Waals surface area (Å²) in [5, 5.41) is 1.35. The summed E-state index contributed by atoms with van der Waals surface area (Å²) in [5.74, 6) is 7.26. The molecule has 0 amide bonds. The van der Waals surface area contributed by atoms with Crippen molar-refractivity contribution in [2.45, 2.75) is 17.3 Å². The van der Waals surface area contributed by atoms with E-state index in [4.69, 9.17) is 0 Å². The van der Waals surface area contributed by atoms with Crippen LogP contribution in [0.1, 0.15) is 0 Å². The fourth-order valence-electron chi connectivity index (χ4n) is 1.76. The molecule has 2 heteroatoms. The van der Waals surface area contributed by atoms with Gasteiger partial charge >= 0.3 is 87.3 Å². The number of fused-ring (bicyclic) bond motifs is 1. The fraction of sp³-hybridized carbons (Fsp3) is 0.250. The number of nitrogens with zero attached hydrogens (tertiary/aromatic N) is 1. The first-order valence-corrected chi connectivity index (χ1v) is 12.3. The van der Waals surface area contributed by atoms with Gasteiger partial charge in [-0.1, -0.05) is 0 Å². The zero-order valence-corrected chi connectivity index (χ0v) is 11.0.